The summed E-state index contributed by atoms with van der Waals surface area (Å²) in [4.78, 5) is 0. The van der Waals surface area contributed by atoms with Crippen LogP contribution >= 0.6 is 22.6 Å². The van der Waals surface area contributed by atoms with Crippen molar-refractivity contribution in [2.24, 2.45) is 0 Å². The zero-order chi connectivity index (χ0) is 15.5. The molecule has 0 aliphatic carbocycles. The molecule has 1 nitrogen and oxygen atoms in total. The maximum absolute atomic E-state index is 13.9. The molecule has 0 saturated heterocycles. The monoisotopic (exact) mass is 403 g/mol. The van der Waals surface area contributed by atoms with Crippen LogP contribution in [0.5, 0.6) is 0 Å². The van der Waals surface area contributed by atoms with Gasteiger partial charge in [0.05, 0.1) is 0 Å². The van der Waals surface area contributed by atoms with Crippen LogP contribution in [0, 0.1) is 9.39 Å². The van der Waals surface area contributed by atoms with Crippen molar-refractivity contribution in [3.8, 4) is 0 Å². The lowest BCUT2D eigenvalue weighted by Gasteiger charge is -2.21. The van der Waals surface area contributed by atoms with E-state index in [9.17, 15) is 4.39 Å². The lowest BCUT2D eigenvalue weighted by molar-refractivity contribution is 0.624. The number of rotatable bonds is 3. The van der Waals surface area contributed by atoms with Gasteiger partial charge in [-0.2, -0.15) is 0 Å². The van der Waals surface area contributed by atoms with Crippen LogP contribution in [0.3, 0.4) is 0 Å². The van der Waals surface area contributed by atoms with Crippen LogP contribution in [0.25, 0.3) is 0 Å². The molecule has 22 heavy (non-hydrogen) atoms. The standard InChI is InChI=1S/C19H15FIN/c20-15-11-16(19(22)17(21)12-15)18(13-7-3-1-4-8-13)14-9-5-2-6-10-14/h1-12,18H,22H2. The number of nitrogens with two attached hydrogens (primary N) is 1. The van der Waals surface area contributed by atoms with Gasteiger partial charge in [-0.05, 0) is 51.4 Å². The highest BCUT2D eigenvalue weighted by Crippen LogP contribution is 2.37. The summed E-state index contributed by atoms with van der Waals surface area (Å²) in [6, 6.07) is 23.1. The molecule has 110 valence electrons. The van der Waals surface area contributed by atoms with Gasteiger partial charge in [0, 0.05) is 15.2 Å². The molecule has 0 spiro atoms. The molecule has 0 atom stereocenters. The third-order valence-corrected chi connectivity index (χ3v) is 4.60. The van der Waals surface area contributed by atoms with E-state index in [2.05, 4.69) is 46.9 Å². The molecule has 0 amide bonds. The second-order valence-corrected chi connectivity index (χ2v) is 6.31. The Balaban J connectivity index is 2.23. The topological polar surface area (TPSA) is 26.0 Å². The minimum Gasteiger partial charge on any atom is -0.398 e. The molecule has 3 heteroatoms. The molecule has 0 unspecified atom stereocenters. The largest absolute Gasteiger partial charge is 0.398 e. The van der Waals surface area contributed by atoms with Crippen molar-refractivity contribution in [2.45, 2.75) is 5.92 Å². The molecular formula is C19H15FIN. The van der Waals surface area contributed by atoms with E-state index in [0.29, 0.717) is 5.69 Å². The van der Waals surface area contributed by atoms with Gasteiger partial charge in [0.15, 0.2) is 0 Å². The summed E-state index contributed by atoms with van der Waals surface area (Å²) in [6.45, 7) is 0. The van der Waals surface area contributed by atoms with Crippen LogP contribution in [0.4, 0.5) is 10.1 Å². The number of anilines is 1. The van der Waals surface area contributed by atoms with Crippen LogP contribution < -0.4 is 5.73 Å². The number of hydrogen-bond donors (Lipinski definition) is 1. The van der Waals surface area contributed by atoms with Crippen LogP contribution in [0.1, 0.15) is 22.6 Å². The molecular weight excluding hydrogens is 388 g/mol. The Morgan fingerprint density at radius 3 is 1.82 bits per heavy atom. The smallest absolute Gasteiger partial charge is 0.124 e. The highest BCUT2D eigenvalue weighted by atomic mass is 127. The van der Waals surface area contributed by atoms with Gasteiger partial charge in [0.2, 0.25) is 0 Å². The first-order chi connectivity index (χ1) is 10.7. The molecule has 3 aromatic carbocycles. The number of halogens is 2. The van der Waals surface area contributed by atoms with Gasteiger partial charge in [-0.3, -0.25) is 0 Å². The average molecular weight is 403 g/mol. The predicted octanol–water partition coefficient (Wildman–Crippen LogP) is 5.19. The Morgan fingerprint density at radius 2 is 1.32 bits per heavy atom. The zero-order valence-corrected chi connectivity index (χ0v) is 14.0. The number of benzene rings is 3. The van der Waals surface area contributed by atoms with Gasteiger partial charge in [0.25, 0.3) is 0 Å². The van der Waals surface area contributed by atoms with Crippen molar-refractivity contribution >= 4 is 28.3 Å². The minimum absolute atomic E-state index is 0.0772. The van der Waals surface area contributed by atoms with Gasteiger partial charge in [-0.25, -0.2) is 4.39 Å². The van der Waals surface area contributed by atoms with Crippen LogP contribution in [0.2, 0.25) is 0 Å². The maximum Gasteiger partial charge on any atom is 0.124 e. The molecule has 0 saturated carbocycles. The fraction of sp³-hybridized carbons (Fsp3) is 0.0526. The number of hydrogen-bond acceptors (Lipinski definition) is 1. The van der Waals surface area contributed by atoms with Gasteiger partial charge in [0.1, 0.15) is 5.82 Å². The Bertz CT molecular complexity index is 733. The van der Waals surface area contributed by atoms with E-state index < -0.39 is 0 Å². The summed E-state index contributed by atoms with van der Waals surface area (Å²) >= 11 is 2.08. The molecule has 3 aromatic rings. The number of nitrogen functional groups attached to an aromatic ring is 1. The lowest BCUT2D eigenvalue weighted by Crippen LogP contribution is -2.08. The van der Waals surface area contributed by atoms with Crippen LogP contribution in [-0.2, 0) is 0 Å². The fourth-order valence-electron chi connectivity index (χ4n) is 2.69. The van der Waals surface area contributed by atoms with Crippen molar-refractivity contribution in [1.82, 2.24) is 0 Å². The van der Waals surface area contributed by atoms with E-state index in [0.717, 1.165) is 20.3 Å². The molecule has 0 aromatic heterocycles. The Kier molecular flexibility index (Phi) is 4.43. The first-order valence-electron chi connectivity index (χ1n) is 7.01. The quantitative estimate of drug-likeness (QED) is 0.364. The van der Waals surface area contributed by atoms with Crippen molar-refractivity contribution in [3.05, 3.63) is 98.9 Å². The average Bonchev–Trinajstić information content (AvgIpc) is 2.54. The summed E-state index contributed by atoms with van der Waals surface area (Å²) in [6.07, 6.45) is 0. The molecule has 0 aliphatic rings. The van der Waals surface area contributed by atoms with E-state index in [1.165, 1.54) is 6.07 Å². The van der Waals surface area contributed by atoms with E-state index in [1.807, 2.05) is 36.4 Å². The Labute approximate surface area is 143 Å². The second-order valence-electron chi connectivity index (χ2n) is 5.14. The highest BCUT2D eigenvalue weighted by molar-refractivity contribution is 14.1. The van der Waals surface area contributed by atoms with Gasteiger partial charge < -0.3 is 5.73 Å². The predicted molar refractivity (Wildman–Crippen MR) is 97.4 cm³/mol. The summed E-state index contributed by atoms with van der Waals surface area (Å²) < 4.78 is 14.7. The second kappa shape index (κ2) is 6.48. The van der Waals surface area contributed by atoms with Crippen molar-refractivity contribution < 1.29 is 4.39 Å². The molecule has 0 fully saturated rings. The van der Waals surface area contributed by atoms with E-state index in [1.54, 1.807) is 6.07 Å². The van der Waals surface area contributed by atoms with Crippen molar-refractivity contribution in [2.75, 3.05) is 5.73 Å². The summed E-state index contributed by atoms with van der Waals surface area (Å²) in [5, 5.41) is 0. The summed E-state index contributed by atoms with van der Waals surface area (Å²) in [5.74, 6) is -0.336. The Hall–Kier alpha value is -1.88. The third kappa shape index (κ3) is 2.99. The van der Waals surface area contributed by atoms with Gasteiger partial charge in [-0.1, -0.05) is 60.7 Å². The summed E-state index contributed by atoms with van der Waals surface area (Å²) in [5.41, 5.74) is 9.90. The van der Waals surface area contributed by atoms with Crippen LogP contribution in [0.15, 0.2) is 72.8 Å². The van der Waals surface area contributed by atoms with Crippen molar-refractivity contribution in [1.29, 1.82) is 0 Å². The van der Waals surface area contributed by atoms with Crippen LogP contribution in [-0.4, -0.2) is 0 Å². The fourth-order valence-corrected chi connectivity index (χ4v) is 3.29. The molecule has 0 aliphatic heterocycles. The molecule has 0 bridgehead atoms. The van der Waals surface area contributed by atoms with E-state index in [4.69, 9.17) is 5.73 Å². The Morgan fingerprint density at radius 1 is 0.818 bits per heavy atom. The molecule has 0 heterocycles. The van der Waals surface area contributed by atoms with E-state index in [-0.39, 0.29) is 11.7 Å². The van der Waals surface area contributed by atoms with Gasteiger partial charge >= 0.3 is 0 Å². The molecule has 3 rings (SSSR count). The highest BCUT2D eigenvalue weighted by Gasteiger charge is 2.20. The first kappa shape index (κ1) is 15.0. The third-order valence-electron chi connectivity index (χ3n) is 3.70. The normalized spacial score (nSPS) is 10.9. The first-order valence-corrected chi connectivity index (χ1v) is 8.09. The summed E-state index contributed by atoms with van der Waals surface area (Å²) in [7, 11) is 0. The lowest BCUT2D eigenvalue weighted by atomic mass is 9.84. The SMILES string of the molecule is Nc1c(I)cc(F)cc1C(c1ccccc1)c1ccccc1. The zero-order valence-electron chi connectivity index (χ0n) is 11.8. The molecule has 0 radical (unpaired) electrons. The van der Waals surface area contributed by atoms with E-state index >= 15 is 0 Å². The van der Waals surface area contributed by atoms with Gasteiger partial charge in [-0.15, -0.1) is 0 Å². The molecule has 2 N–H and O–H groups in total. The maximum atomic E-state index is 13.9. The minimum atomic E-state index is -0.259. The van der Waals surface area contributed by atoms with Crippen molar-refractivity contribution in [3.63, 3.8) is 0 Å².